The molecule has 8 saturated carbocycles. The van der Waals surface area contributed by atoms with E-state index >= 15 is 0 Å². The van der Waals surface area contributed by atoms with Crippen molar-refractivity contribution in [2.45, 2.75) is 111 Å². The summed E-state index contributed by atoms with van der Waals surface area (Å²) < 4.78 is 79.4. The monoisotopic (exact) mass is 608 g/mol. The van der Waals surface area contributed by atoms with Crippen molar-refractivity contribution < 1.29 is 60.5 Å². The molecule has 0 aromatic heterocycles. The van der Waals surface area contributed by atoms with E-state index in [-0.39, 0.29) is 45.1 Å². The van der Waals surface area contributed by atoms with Gasteiger partial charge in [0.2, 0.25) is 0 Å². The van der Waals surface area contributed by atoms with Gasteiger partial charge in [0.1, 0.15) is 18.8 Å². The highest BCUT2D eigenvalue weighted by Crippen LogP contribution is 2.63. The highest BCUT2D eigenvalue weighted by atomic mass is 32.2. The summed E-state index contributed by atoms with van der Waals surface area (Å²) in [5.74, 6) is -0.825. The zero-order valence-corrected chi connectivity index (χ0v) is 23.8. The topological polar surface area (TPSA) is 166 Å². The van der Waals surface area contributed by atoms with Gasteiger partial charge in [-0.15, -0.1) is 0 Å². The zero-order valence-electron chi connectivity index (χ0n) is 23.0. The molecule has 0 aliphatic heterocycles. The molecule has 8 fully saturated rings. The highest BCUT2D eigenvalue weighted by Gasteiger charge is 2.69. The van der Waals surface area contributed by atoms with Gasteiger partial charge in [0.15, 0.2) is 0 Å². The molecule has 0 amide bonds. The number of aliphatic hydroxyl groups is 2. The number of esters is 2. The van der Waals surface area contributed by atoms with E-state index in [1.165, 1.54) is 6.42 Å². The van der Waals surface area contributed by atoms with Gasteiger partial charge in [0.25, 0.3) is 0 Å². The Hall–Kier alpha value is -1.45. The molecule has 8 rings (SSSR count). The quantitative estimate of drug-likeness (QED) is 0.189. The van der Waals surface area contributed by atoms with Crippen molar-refractivity contribution in [1.82, 2.24) is 0 Å². The van der Waals surface area contributed by atoms with E-state index in [4.69, 9.17) is 18.8 Å². The van der Waals surface area contributed by atoms with Crippen LogP contribution in [0, 0.1) is 23.7 Å². The molecule has 14 heteroatoms. The smallest absolute Gasteiger partial charge is 0.458 e. The molecule has 11 nitrogen and oxygen atoms in total. The fraction of sp³-hybridized carbons (Fsp3) is 0.926. The van der Waals surface area contributed by atoms with Crippen LogP contribution in [-0.4, -0.2) is 88.2 Å². The van der Waals surface area contributed by atoms with Crippen LogP contribution in [0.3, 0.4) is 0 Å². The molecule has 8 bridgehead atoms. The van der Waals surface area contributed by atoms with Crippen molar-refractivity contribution in [3.63, 3.8) is 0 Å². The summed E-state index contributed by atoms with van der Waals surface area (Å²) in [6, 6.07) is 0. The van der Waals surface area contributed by atoms with Crippen LogP contribution in [-0.2, 0) is 38.7 Å². The third-order valence-corrected chi connectivity index (χ3v) is 11.6. The Morgan fingerprint density at radius 2 is 1.34 bits per heavy atom. The number of hydrogen-bond donors (Lipinski definition) is 3. The van der Waals surface area contributed by atoms with E-state index in [1.807, 2.05) is 6.92 Å². The largest absolute Gasteiger partial charge is 0.465 e. The summed E-state index contributed by atoms with van der Waals surface area (Å²) in [4.78, 5) is 24.6. The molecular weight excluding hydrogens is 570 g/mol. The van der Waals surface area contributed by atoms with Crippen molar-refractivity contribution in [3.8, 4) is 0 Å². The second-order valence-corrected chi connectivity index (χ2v) is 15.6. The van der Waals surface area contributed by atoms with Crippen LogP contribution in [0.15, 0.2) is 0 Å². The highest BCUT2D eigenvalue weighted by molar-refractivity contribution is 7.87. The number of carbonyl (C=O) groups excluding carboxylic acids is 2. The molecule has 0 aromatic rings. The molecule has 0 saturated heterocycles. The fourth-order valence-electron chi connectivity index (χ4n) is 10.0. The molecule has 232 valence electrons. The van der Waals surface area contributed by atoms with Crippen LogP contribution in [0.5, 0.6) is 0 Å². The standard InChI is InChI=1S/C27H38F2O11S/c1-22(18-5-16-4-17(7-18)8-19(22)6-16)40-20(30)9-39-26-13-23(32)10-24(33,14-26)12-25(11-23,15-26)38-3-2-37-21(31)27(28,29)41(34,35)36/h16-19,32-33H,2-15H2,1H3,(H,34,35,36). The minimum absolute atomic E-state index is 0.0833. The number of alkyl halides is 2. The van der Waals surface area contributed by atoms with E-state index in [0.29, 0.717) is 23.7 Å². The van der Waals surface area contributed by atoms with Crippen molar-refractivity contribution in [3.05, 3.63) is 0 Å². The second kappa shape index (κ2) is 9.28. The zero-order chi connectivity index (χ0) is 29.7. The molecule has 2 unspecified atom stereocenters. The van der Waals surface area contributed by atoms with Crippen molar-refractivity contribution >= 4 is 22.1 Å². The summed E-state index contributed by atoms with van der Waals surface area (Å²) in [5, 5.41) is 17.5. The van der Waals surface area contributed by atoms with Crippen molar-refractivity contribution in [1.29, 1.82) is 0 Å². The number of hydrogen-bond acceptors (Lipinski definition) is 10. The Balaban J connectivity index is 1.08. The summed E-state index contributed by atoms with van der Waals surface area (Å²) in [7, 11) is -6.00. The summed E-state index contributed by atoms with van der Waals surface area (Å²) in [5.41, 5.74) is -5.52. The predicted octanol–water partition coefficient (Wildman–Crippen LogP) is 2.12. The lowest BCUT2D eigenvalue weighted by Crippen LogP contribution is -2.73. The first-order chi connectivity index (χ1) is 18.9. The van der Waals surface area contributed by atoms with Gasteiger partial charge < -0.3 is 29.2 Å². The first-order valence-electron chi connectivity index (χ1n) is 14.3. The van der Waals surface area contributed by atoms with E-state index in [1.54, 1.807) is 0 Å². The van der Waals surface area contributed by atoms with Gasteiger partial charge in [0, 0.05) is 38.5 Å². The van der Waals surface area contributed by atoms with E-state index in [9.17, 15) is 37.0 Å². The van der Waals surface area contributed by atoms with E-state index in [0.717, 1.165) is 25.7 Å². The van der Waals surface area contributed by atoms with Crippen LogP contribution < -0.4 is 0 Å². The van der Waals surface area contributed by atoms with Gasteiger partial charge >= 0.3 is 27.3 Å². The molecule has 8 aliphatic rings. The molecule has 0 radical (unpaired) electrons. The average Bonchev–Trinajstić information content (AvgIpc) is 2.80. The minimum Gasteiger partial charge on any atom is -0.458 e. The fourth-order valence-corrected chi connectivity index (χ4v) is 10.3. The summed E-state index contributed by atoms with van der Waals surface area (Å²) in [6.07, 6.45) is 6.40. The molecule has 41 heavy (non-hydrogen) atoms. The number of ether oxygens (including phenoxy) is 4. The lowest BCUT2D eigenvalue weighted by molar-refractivity contribution is -0.318. The number of halogens is 2. The van der Waals surface area contributed by atoms with Crippen LogP contribution in [0.1, 0.15) is 77.6 Å². The van der Waals surface area contributed by atoms with E-state index in [2.05, 4.69) is 4.74 Å². The first kappa shape index (κ1) is 29.6. The lowest BCUT2D eigenvalue weighted by atomic mass is 9.48. The first-order valence-corrected chi connectivity index (χ1v) is 15.8. The third-order valence-electron chi connectivity index (χ3n) is 10.8. The molecule has 0 aromatic carbocycles. The number of rotatable bonds is 10. The SMILES string of the molecule is CC1(OC(=O)COC23CC4(O)CC(O)(CC(OCCOC(=O)C(F)(F)S(=O)(=O)O)(C4)C2)C3)C2CC3CC(C2)CC1C3. The molecular formula is C27H38F2O11S. The Bertz CT molecular complexity index is 1170. The molecule has 2 atom stereocenters. The van der Waals surface area contributed by atoms with Gasteiger partial charge in [-0.3, -0.25) is 4.55 Å². The van der Waals surface area contributed by atoms with Crippen molar-refractivity contribution in [2.24, 2.45) is 23.7 Å². The number of carbonyl (C=O) groups is 2. The van der Waals surface area contributed by atoms with Gasteiger partial charge in [-0.05, 0) is 62.7 Å². The molecule has 0 spiro atoms. The maximum atomic E-state index is 13.4. The third kappa shape index (κ3) is 5.09. The van der Waals surface area contributed by atoms with Crippen molar-refractivity contribution in [2.75, 3.05) is 19.8 Å². The van der Waals surface area contributed by atoms with Crippen LogP contribution in [0.4, 0.5) is 8.78 Å². The Labute approximate surface area is 237 Å². The Kier molecular flexibility index (Phi) is 6.70. The second-order valence-electron chi connectivity index (χ2n) is 14.1. The minimum atomic E-state index is -6.00. The predicted molar refractivity (Wildman–Crippen MR) is 134 cm³/mol. The summed E-state index contributed by atoms with van der Waals surface area (Å²) >= 11 is 0. The summed E-state index contributed by atoms with van der Waals surface area (Å²) in [6.45, 7) is 0.480. The van der Waals surface area contributed by atoms with Gasteiger partial charge in [-0.2, -0.15) is 17.2 Å². The molecule has 3 N–H and O–H groups in total. The average molecular weight is 609 g/mol. The molecule has 8 aliphatic carbocycles. The van der Waals surface area contributed by atoms with Gasteiger partial charge in [-0.25, -0.2) is 9.59 Å². The van der Waals surface area contributed by atoms with Crippen LogP contribution in [0.25, 0.3) is 0 Å². The lowest BCUT2D eigenvalue weighted by Gasteiger charge is -2.66. The van der Waals surface area contributed by atoms with E-state index < -0.39 is 68.5 Å². The normalized spacial score (nSPS) is 46.1. The Morgan fingerprint density at radius 1 is 0.829 bits per heavy atom. The van der Waals surface area contributed by atoms with Crippen LogP contribution in [0.2, 0.25) is 0 Å². The maximum Gasteiger partial charge on any atom is 0.465 e. The van der Waals surface area contributed by atoms with Gasteiger partial charge in [0.05, 0.1) is 29.0 Å². The van der Waals surface area contributed by atoms with Gasteiger partial charge in [-0.1, -0.05) is 0 Å². The van der Waals surface area contributed by atoms with Crippen LogP contribution >= 0.6 is 0 Å². The maximum absolute atomic E-state index is 13.4. The Morgan fingerprint density at radius 3 is 1.85 bits per heavy atom. The molecule has 0 heterocycles.